The number of nitrogens with zero attached hydrogens (tertiary/aromatic N) is 2. The van der Waals surface area contributed by atoms with Crippen molar-refractivity contribution in [2.24, 2.45) is 0 Å². The number of para-hydroxylation sites is 2. The summed E-state index contributed by atoms with van der Waals surface area (Å²) in [6.45, 7) is 4.79. The summed E-state index contributed by atoms with van der Waals surface area (Å²) in [7, 11) is 0. The van der Waals surface area contributed by atoms with Crippen LogP contribution in [-0.2, 0) is 4.79 Å². The molecule has 6 nitrogen and oxygen atoms in total. The number of hydrogen-bond acceptors (Lipinski definition) is 6. The van der Waals surface area contributed by atoms with Crippen molar-refractivity contribution in [3.8, 4) is 11.5 Å². The molecule has 1 amide bonds. The van der Waals surface area contributed by atoms with Crippen LogP contribution in [0.3, 0.4) is 0 Å². The van der Waals surface area contributed by atoms with E-state index in [0.29, 0.717) is 44.2 Å². The number of piperazine rings is 1. The van der Waals surface area contributed by atoms with E-state index in [9.17, 15) is 9.59 Å². The zero-order chi connectivity index (χ0) is 18.8. The van der Waals surface area contributed by atoms with Crippen LogP contribution in [0.5, 0.6) is 11.5 Å². The minimum absolute atomic E-state index is 0.0544. The van der Waals surface area contributed by atoms with Gasteiger partial charge in [0.1, 0.15) is 6.10 Å². The third-order valence-corrected chi connectivity index (χ3v) is 5.84. The van der Waals surface area contributed by atoms with Gasteiger partial charge in [-0.2, -0.15) is 0 Å². The van der Waals surface area contributed by atoms with Crippen molar-refractivity contribution >= 4 is 23.0 Å². The third-order valence-electron chi connectivity index (χ3n) is 4.93. The molecule has 1 aromatic carbocycles. The molecule has 27 heavy (non-hydrogen) atoms. The molecular weight excluding hydrogens is 364 g/mol. The molecule has 0 bridgehead atoms. The van der Waals surface area contributed by atoms with E-state index in [2.05, 4.69) is 4.90 Å². The summed E-state index contributed by atoms with van der Waals surface area (Å²) in [6.07, 6.45) is -0.981. The Bertz CT molecular complexity index is 815. The molecule has 0 spiro atoms. The Morgan fingerprint density at radius 1 is 1.04 bits per heavy atom. The van der Waals surface area contributed by atoms with Crippen LogP contribution in [0, 0.1) is 0 Å². The molecule has 2 aliphatic rings. The van der Waals surface area contributed by atoms with Crippen LogP contribution in [0.25, 0.3) is 0 Å². The van der Waals surface area contributed by atoms with Crippen molar-refractivity contribution in [2.75, 3.05) is 32.7 Å². The van der Waals surface area contributed by atoms with Crippen LogP contribution in [0.2, 0.25) is 0 Å². The molecule has 4 rings (SSSR count). The summed E-state index contributed by atoms with van der Waals surface area (Å²) in [6, 6.07) is 11.1. The Hall–Kier alpha value is -2.38. The average Bonchev–Trinajstić information content (AvgIpc) is 3.22. The second-order valence-electron chi connectivity index (χ2n) is 6.81. The highest BCUT2D eigenvalue weighted by Gasteiger charge is 2.37. The minimum atomic E-state index is -0.640. The van der Waals surface area contributed by atoms with Gasteiger partial charge in [0.15, 0.2) is 17.3 Å². The lowest BCUT2D eigenvalue weighted by Crippen LogP contribution is -2.56. The lowest BCUT2D eigenvalue weighted by Gasteiger charge is -2.38. The fourth-order valence-electron chi connectivity index (χ4n) is 3.42. The van der Waals surface area contributed by atoms with Gasteiger partial charge in [0, 0.05) is 26.2 Å². The summed E-state index contributed by atoms with van der Waals surface area (Å²) in [5.74, 6) is 1.36. The Morgan fingerprint density at radius 2 is 1.74 bits per heavy atom. The maximum Gasteiger partial charge on any atom is 0.267 e. The van der Waals surface area contributed by atoms with E-state index in [1.54, 1.807) is 0 Å². The second kappa shape index (κ2) is 7.70. The highest BCUT2D eigenvalue weighted by atomic mass is 32.1. The number of Topliss-reactive ketones (excluding diaryl/α,β-unsaturated/α-hetero) is 1. The number of benzene rings is 1. The Balaban J connectivity index is 1.33. The lowest BCUT2D eigenvalue weighted by atomic mass is 10.1. The predicted molar refractivity (Wildman–Crippen MR) is 103 cm³/mol. The zero-order valence-corrected chi connectivity index (χ0v) is 16.0. The Morgan fingerprint density at radius 3 is 2.41 bits per heavy atom. The Kier molecular flexibility index (Phi) is 5.13. The first-order chi connectivity index (χ1) is 13.1. The predicted octanol–water partition coefficient (Wildman–Crippen LogP) is 2.30. The van der Waals surface area contributed by atoms with Crippen molar-refractivity contribution in [3.63, 3.8) is 0 Å². The first-order valence-corrected chi connectivity index (χ1v) is 10.00. The second-order valence-corrected chi connectivity index (χ2v) is 7.76. The summed E-state index contributed by atoms with van der Waals surface area (Å²) in [5.41, 5.74) is 0. The van der Waals surface area contributed by atoms with Gasteiger partial charge < -0.3 is 14.4 Å². The number of rotatable bonds is 4. The highest BCUT2D eigenvalue weighted by Crippen LogP contribution is 2.34. The van der Waals surface area contributed by atoms with Crippen LogP contribution < -0.4 is 9.47 Å². The van der Waals surface area contributed by atoms with Gasteiger partial charge in [0.2, 0.25) is 6.10 Å². The van der Waals surface area contributed by atoms with Gasteiger partial charge in [-0.3, -0.25) is 14.5 Å². The molecule has 7 heteroatoms. The maximum atomic E-state index is 12.9. The molecule has 2 aromatic rings. The van der Waals surface area contributed by atoms with Crippen molar-refractivity contribution in [2.45, 2.75) is 19.1 Å². The van der Waals surface area contributed by atoms with Gasteiger partial charge >= 0.3 is 0 Å². The lowest BCUT2D eigenvalue weighted by molar-refractivity contribution is -0.146. The topological polar surface area (TPSA) is 59.1 Å². The van der Waals surface area contributed by atoms with E-state index in [1.807, 2.05) is 53.6 Å². The van der Waals surface area contributed by atoms with Crippen LogP contribution in [0.4, 0.5) is 0 Å². The largest absolute Gasteiger partial charge is 0.482 e. The molecule has 2 unspecified atom stereocenters. The molecule has 0 saturated carbocycles. The molecule has 0 aliphatic carbocycles. The number of carbonyl (C=O) groups excluding carboxylic acids is 2. The Labute approximate surface area is 162 Å². The van der Waals surface area contributed by atoms with Gasteiger partial charge in [-0.15, -0.1) is 11.3 Å². The molecule has 0 radical (unpaired) electrons. The first kappa shape index (κ1) is 18.0. The molecular formula is C20H22N2O4S. The number of ether oxygens (including phenoxy) is 2. The quantitative estimate of drug-likeness (QED) is 0.755. The molecule has 142 valence electrons. The standard InChI is InChI=1S/C20H22N2O4S/c1-14-19(26-17-6-3-2-5-16(17)25-14)20(24)22-10-8-21(9-11-22)13-15(23)18-7-4-12-27-18/h2-7,12,14,19H,8-11,13H2,1H3. The fraction of sp³-hybridized carbons (Fsp3) is 0.400. The van der Waals surface area contributed by atoms with Gasteiger partial charge in [-0.05, 0) is 30.5 Å². The monoisotopic (exact) mass is 386 g/mol. The molecule has 2 atom stereocenters. The molecule has 0 N–H and O–H groups in total. The maximum absolute atomic E-state index is 12.9. The van der Waals surface area contributed by atoms with Crippen molar-refractivity contribution in [1.82, 2.24) is 9.80 Å². The average molecular weight is 386 g/mol. The summed E-state index contributed by atoms with van der Waals surface area (Å²) in [4.78, 5) is 29.9. The SMILES string of the molecule is CC1Oc2ccccc2OC1C(=O)N1CCN(CC(=O)c2cccs2)CC1. The van der Waals surface area contributed by atoms with Crippen LogP contribution >= 0.6 is 11.3 Å². The normalized spacial score (nSPS) is 22.5. The van der Waals surface area contributed by atoms with Crippen molar-refractivity contribution in [1.29, 1.82) is 0 Å². The van der Waals surface area contributed by atoms with E-state index >= 15 is 0 Å². The van der Waals surface area contributed by atoms with Crippen LogP contribution in [-0.4, -0.2) is 66.4 Å². The number of hydrogen-bond donors (Lipinski definition) is 0. The van der Waals surface area contributed by atoms with Crippen molar-refractivity contribution in [3.05, 3.63) is 46.7 Å². The molecule has 1 aromatic heterocycles. The van der Waals surface area contributed by atoms with Gasteiger partial charge in [0.05, 0.1) is 11.4 Å². The smallest absolute Gasteiger partial charge is 0.267 e. The zero-order valence-electron chi connectivity index (χ0n) is 15.2. The first-order valence-electron chi connectivity index (χ1n) is 9.12. The van der Waals surface area contributed by atoms with Gasteiger partial charge in [-0.25, -0.2) is 0 Å². The number of fused-ring (bicyclic) bond motifs is 1. The number of ketones is 1. The molecule has 1 fully saturated rings. The summed E-state index contributed by atoms with van der Waals surface area (Å²) < 4.78 is 11.8. The summed E-state index contributed by atoms with van der Waals surface area (Å²) >= 11 is 1.47. The molecule has 2 aliphatic heterocycles. The fourth-order valence-corrected chi connectivity index (χ4v) is 4.07. The molecule has 1 saturated heterocycles. The number of thiophene rings is 1. The minimum Gasteiger partial charge on any atom is -0.482 e. The summed E-state index contributed by atoms with van der Waals surface area (Å²) in [5, 5.41) is 1.91. The van der Waals surface area contributed by atoms with Crippen LogP contribution in [0.1, 0.15) is 16.6 Å². The molecule has 3 heterocycles. The third kappa shape index (κ3) is 3.84. The van der Waals surface area contributed by atoms with E-state index < -0.39 is 6.10 Å². The van der Waals surface area contributed by atoms with E-state index in [4.69, 9.17) is 9.47 Å². The van der Waals surface area contributed by atoms with E-state index in [-0.39, 0.29) is 17.8 Å². The van der Waals surface area contributed by atoms with E-state index in [1.165, 1.54) is 11.3 Å². The van der Waals surface area contributed by atoms with Crippen molar-refractivity contribution < 1.29 is 19.1 Å². The number of amides is 1. The van der Waals surface area contributed by atoms with E-state index in [0.717, 1.165) is 4.88 Å². The van der Waals surface area contributed by atoms with Gasteiger partial charge in [0.25, 0.3) is 5.91 Å². The van der Waals surface area contributed by atoms with Gasteiger partial charge in [-0.1, -0.05) is 18.2 Å². The number of carbonyl (C=O) groups is 2. The highest BCUT2D eigenvalue weighted by molar-refractivity contribution is 7.12. The van der Waals surface area contributed by atoms with Crippen LogP contribution in [0.15, 0.2) is 41.8 Å².